The molecule has 0 radical (unpaired) electrons. The van der Waals surface area contributed by atoms with Crippen molar-refractivity contribution in [1.29, 1.82) is 0 Å². The number of nitrogens with one attached hydrogen (secondary N) is 3. The number of hydrogen-bond donors (Lipinski definition) is 3. The molecular weight excluding hydrogens is 468 g/mol. The summed E-state index contributed by atoms with van der Waals surface area (Å²) < 4.78 is 34.8. The molecule has 7 nitrogen and oxygen atoms in total. The third-order valence-corrected chi connectivity index (χ3v) is 9.59. The van der Waals surface area contributed by atoms with Crippen molar-refractivity contribution in [3.63, 3.8) is 0 Å². The van der Waals surface area contributed by atoms with Gasteiger partial charge in [-0.25, -0.2) is 18.1 Å². The summed E-state index contributed by atoms with van der Waals surface area (Å²) in [6.45, 7) is 5.78. The highest BCUT2D eigenvalue weighted by molar-refractivity contribution is 7.89. The lowest BCUT2D eigenvalue weighted by atomic mass is 9.85. The van der Waals surface area contributed by atoms with Gasteiger partial charge in [0.15, 0.2) is 5.13 Å². The number of piperidine rings is 1. The van der Waals surface area contributed by atoms with Gasteiger partial charge in [-0.15, -0.1) is 0 Å². The number of nitrogens with zero attached hydrogens (tertiary/aromatic N) is 1. The summed E-state index contributed by atoms with van der Waals surface area (Å²) >= 11 is 1.58. The van der Waals surface area contributed by atoms with Crippen molar-refractivity contribution < 1.29 is 13.2 Å². The Morgan fingerprint density at radius 1 is 1.21 bits per heavy atom. The van der Waals surface area contributed by atoms with Crippen LogP contribution in [0.4, 0.5) is 5.13 Å². The summed E-state index contributed by atoms with van der Waals surface area (Å²) in [7, 11) is -2.22. The van der Waals surface area contributed by atoms with E-state index < -0.39 is 10.0 Å². The minimum atomic E-state index is -3.72. The van der Waals surface area contributed by atoms with Crippen LogP contribution in [0.5, 0.6) is 5.75 Å². The molecule has 188 valence electrons. The van der Waals surface area contributed by atoms with E-state index in [1.807, 2.05) is 13.0 Å². The minimum absolute atomic E-state index is 0.112. The van der Waals surface area contributed by atoms with E-state index in [-0.39, 0.29) is 10.9 Å². The van der Waals surface area contributed by atoms with Gasteiger partial charge in [0.05, 0.1) is 17.7 Å². The number of anilines is 1. The van der Waals surface area contributed by atoms with E-state index in [1.54, 1.807) is 23.5 Å². The number of hydrogen-bond acceptors (Lipinski definition) is 7. The molecule has 1 aromatic heterocycles. The van der Waals surface area contributed by atoms with Crippen LogP contribution < -0.4 is 20.1 Å². The van der Waals surface area contributed by atoms with Crippen molar-refractivity contribution in [1.82, 2.24) is 15.0 Å². The summed E-state index contributed by atoms with van der Waals surface area (Å²) in [5, 5.41) is 7.73. The van der Waals surface area contributed by atoms with Crippen molar-refractivity contribution in [3.05, 3.63) is 23.9 Å². The zero-order valence-electron chi connectivity index (χ0n) is 20.5. The second-order valence-electron chi connectivity index (χ2n) is 9.75. The van der Waals surface area contributed by atoms with E-state index in [0.29, 0.717) is 18.3 Å². The Kier molecular flexibility index (Phi) is 8.50. The third kappa shape index (κ3) is 6.30. The number of ether oxygens (including phenoxy) is 1. The van der Waals surface area contributed by atoms with E-state index in [4.69, 9.17) is 9.72 Å². The second kappa shape index (κ2) is 11.4. The first kappa shape index (κ1) is 25.4. The highest BCUT2D eigenvalue weighted by atomic mass is 32.2. The Labute approximate surface area is 208 Å². The van der Waals surface area contributed by atoms with Gasteiger partial charge >= 0.3 is 0 Å². The van der Waals surface area contributed by atoms with Gasteiger partial charge in [0.1, 0.15) is 10.6 Å². The minimum Gasteiger partial charge on any atom is -0.495 e. The quantitative estimate of drug-likeness (QED) is 0.447. The van der Waals surface area contributed by atoms with Gasteiger partial charge in [-0.05, 0) is 69.3 Å². The van der Waals surface area contributed by atoms with Crippen LogP contribution in [0, 0.1) is 12.8 Å². The van der Waals surface area contributed by atoms with E-state index >= 15 is 0 Å². The average Bonchev–Trinajstić information content (AvgIpc) is 3.19. The number of rotatable bonds is 9. The molecule has 2 aliphatic rings. The molecule has 1 aliphatic carbocycles. The van der Waals surface area contributed by atoms with Crippen LogP contribution in [-0.2, 0) is 10.0 Å². The molecule has 0 amide bonds. The zero-order chi connectivity index (χ0) is 24.1. The first-order valence-electron chi connectivity index (χ1n) is 12.5. The van der Waals surface area contributed by atoms with Gasteiger partial charge < -0.3 is 15.4 Å². The summed E-state index contributed by atoms with van der Waals surface area (Å²) in [5.74, 6) is 1.15. The smallest absolute Gasteiger partial charge is 0.244 e. The Bertz CT molecular complexity index is 1060. The molecule has 1 unspecified atom stereocenters. The summed E-state index contributed by atoms with van der Waals surface area (Å²) in [5.41, 5.74) is 1.74. The van der Waals surface area contributed by atoms with Crippen LogP contribution in [0.2, 0.25) is 0 Å². The summed E-state index contributed by atoms with van der Waals surface area (Å²) in [6, 6.07) is 5.62. The molecule has 1 aromatic carbocycles. The van der Waals surface area contributed by atoms with Crippen molar-refractivity contribution in [3.8, 4) is 16.2 Å². The molecule has 1 saturated carbocycles. The second-order valence-corrected chi connectivity index (χ2v) is 12.4. The monoisotopic (exact) mass is 506 g/mol. The van der Waals surface area contributed by atoms with Crippen LogP contribution in [0.3, 0.4) is 0 Å². The molecule has 0 bridgehead atoms. The van der Waals surface area contributed by atoms with Crippen molar-refractivity contribution in [2.24, 2.45) is 5.92 Å². The Morgan fingerprint density at radius 2 is 2.00 bits per heavy atom. The molecule has 34 heavy (non-hydrogen) atoms. The lowest BCUT2D eigenvalue weighted by molar-refractivity contribution is 0.328. The Hall–Kier alpha value is -1.68. The first-order valence-corrected chi connectivity index (χ1v) is 14.8. The lowest BCUT2D eigenvalue weighted by Crippen LogP contribution is -2.45. The van der Waals surface area contributed by atoms with Gasteiger partial charge in [-0.3, -0.25) is 0 Å². The number of aromatic nitrogens is 1. The predicted octanol–water partition coefficient (Wildman–Crippen LogP) is 4.93. The Morgan fingerprint density at radius 3 is 2.71 bits per heavy atom. The number of thiazole rings is 1. The molecule has 2 heterocycles. The maximum absolute atomic E-state index is 13.2. The predicted molar refractivity (Wildman–Crippen MR) is 139 cm³/mol. The van der Waals surface area contributed by atoms with Gasteiger partial charge in [-0.2, -0.15) is 0 Å². The fourth-order valence-electron chi connectivity index (χ4n) is 5.18. The fourth-order valence-corrected chi connectivity index (χ4v) is 7.72. The van der Waals surface area contributed by atoms with Crippen LogP contribution in [0.1, 0.15) is 64.0 Å². The molecular formula is C25H38N4O3S2. The summed E-state index contributed by atoms with van der Waals surface area (Å²) in [4.78, 5) is 5.90. The first-order chi connectivity index (χ1) is 16.4. The molecule has 2 atom stereocenters. The van der Waals surface area contributed by atoms with Crippen LogP contribution >= 0.6 is 11.3 Å². The molecule has 1 aliphatic heterocycles. The number of methoxy groups -OCH3 is 1. The van der Waals surface area contributed by atoms with Gasteiger partial charge in [-0.1, -0.05) is 43.4 Å². The van der Waals surface area contributed by atoms with Gasteiger partial charge in [0.25, 0.3) is 0 Å². The lowest BCUT2D eigenvalue weighted by Gasteiger charge is -2.24. The van der Waals surface area contributed by atoms with Crippen molar-refractivity contribution >= 4 is 26.5 Å². The van der Waals surface area contributed by atoms with Gasteiger partial charge in [0, 0.05) is 18.6 Å². The van der Waals surface area contributed by atoms with E-state index in [9.17, 15) is 8.42 Å². The molecule has 3 N–H and O–H groups in total. The van der Waals surface area contributed by atoms with E-state index in [0.717, 1.165) is 46.6 Å². The normalized spacial score (nSPS) is 20.7. The number of sulfonamides is 1. The number of aryl methyl sites for hydroxylation is 1. The molecule has 4 rings (SSSR count). The van der Waals surface area contributed by atoms with Crippen molar-refractivity contribution in [2.75, 3.05) is 25.5 Å². The van der Waals surface area contributed by atoms with Crippen molar-refractivity contribution in [2.45, 2.75) is 82.2 Å². The zero-order valence-corrected chi connectivity index (χ0v) is 22.2. The fraction of sp³-hybridized carbons (Fsp3) is 0.640. The maximum Gasteiger partial charge on any atom is 0.244 e. The van der Waals surface area contributed by atoms with E-state index in [1.165, 1.54) is 45.6 Å². The standard InChI is InChI=1S/C25H38N4O3S2/c1-17(14-19-8-5-4-6-9-19)27-25-28-18(2)24(33-25)20-11-12-22(32-3)23(15-20)34(30,31)29-21-10-7-13-26-16-21/h11-12,15,17,19,21,26,29H,4-10,13-14,16H2,1-3H3,(H,27,28)/t17-,21?/m1/s1. The molecule has 2 aromatic rings. The Balaban J connectivity index is 1.52. The third-order valence-electron chi connectivity index (χ3n) is 6.91. The molecule has 2 fully saturated rings. The highest BCUT2D eigenvalue weighted by Gasteiger charge is 2.26. The van der Waals surface area contributed by atoms with Crippen LogP contribution in [0.15, 0.2) is 23.1 Å². The molecule has 1 saturated heterocycles. The topological polar surface area (TPSA) is 92.3 Å². The maximum atomic E-state index is 13.2. The summed E-state index contributed by atoms with van der Waals surface area (Å²) in [6.07, 6.45) is 9.71. The largest absolute Gasteiger partial charge is 0.495 e. The highest BCUT2D eigenvalue weighted by Crippen LogP contribution is 2.37. The van der Waals surface area contributed by atoms with Crippen LogP contribution in [0.25, 0.3) is 10.4 Å². The molecule has 0 spiro atoms. The SMILES string of the molecule is COc1ccc(-c2sc(N[C@H](C)CC3CCCCC3)nc2C)cc1S(=O)(=O)NC1CCCNC1. The number of benzene rings is 1. The average molecular weight is 507 g/mol. The van der Waals surface area contributed by atoms with Gasteiger partial charge in [0.2, 0.25) is 10.0 Å². The van der Waals surface area contributed by atoms with E-state index in [2.05, 4.69) is 22.3 Å². The van der Waals surface area contributed by atoms with Crippen LogP contribution in [-0.4, -0.2) is 45.7 Å². The molecule has 9 heteroatoms.